The fraction of sp³-hybridized carbons (Fsp3) is 0.333. The lowest BCUT2D eigenvalue weighted by atomic mass is 10.0. The van der Waals surface area contributed by atoms with Gasteiger partial charge in [0, 0.05) is 17.2 Å². The van der Waals surface area contributed by atoms with Gasteiger partial charge in [0.25, 0.3) is 0 Å². The first-order valence-corrected chi connectivity index (χ1v) is 5.27. The van der Waals surface area contributed by atoms with Crippen molar-refractivity contribution in [3.8, 4) is 0 Å². The number of amidine groups is 1. The minimum atomic E-state index is -0.307. The van der Waals surface area contributed by atoms with Gasteiger partial charge in [-0.1, -0.05) is 18.2 Å². The second kappa shape index (κ2) is 3.19. The molecule has 1 N–H and O–H groups in total. The molecule has 0 aromatic heterocycles. The molecule has 1 aliphatic carbocycles. The van der Waals surface area contributed by atoms with E-state index in [4.69, 9.17) is 0 Å². The summed E-state index contributed by atoms with van der Waals surface area (Å²) in [6.45, 7) is 0. The smallest absolute Gasteiger partial charge is 0.149 e. The summed E-state index contributed by atoms with van der Waals surface area (Å²) >= 11 is 0. The van der Waals surface area contributed by atoms with Crippen LogP contribution in [0.4, 0.5) is 5.69 Å². The topological polar surface area (TPSA) is 41.5 Å². The van der Waals surface area contributed by atoms with Crippen LogP contribution in [0.1, 0.15) is 24.4 Å². The number of anilines is 1. The summed E-state index contributed by atoms with van der Waals surface area (Å²) in [6, 6.07) is 7.56. The van der Waals surface area contributed by atoms with Crippen LogP contribution in [0.3, 0.4) is 0 Å². The Morgan fingerprint density at radius 3 is 2.87 bits per heavy atom. The van der Waals surface area contributed by atoms with Crippen LogP contribution in [0, 0.1) is 5.92 Å². The molecule has 1 aromatic rings. The van der Waals surface area contributed by atoms with E-state index in [1.807, 2.05) is 24.3 Å². The number of nitrogens with one attached hydrogen (secondary N) is 1. The molecule has 1 atom stereocenters. The number of rotatable bonds is 2. The van der Waals surface area contributed by atoms with Gasteiger partial charge in [-0.3, -0.25) is 4.99 Å². The van der Waals surface area contributed by atoms with E-state index in [9.17, 15) is 4.79 Å². The second-order valence-corrected chi connectivity index (χ2v) is 4.08. The maximum Gasteiger partial charge on any atom is 0.149 e. The Hall–Kier alpha value is -1.64. The lowest BCUT2D eigenvalue weighted by Gasteiger charge is -2.21. The average molecular weight is 200 g/mol. The molecule has 1 heterocycles. The molecule has 0 spiro atoms. The normalized spacial score (nSPS) is 23.7. The molecule has 3 heteroatoms. The lowest BCUT2D eigenvalue weighted by molar-refractivity contribution is -0.108. The minimum Gasteiger partial charge on any atom is -0.344 e. The van der Waals surface area contributed by atoms with E-state index in [1.165, 1.54) is 12.8 Å². The summed E-state index contributed by atoms with van der Waals surface area (Å²) in [4.78, 5) is 15.4. The minimum absolute atomic E-state index is 0.307. The number of carbonyl (C=O) groups excluding carboxylic acids is 1. The third-order valence-corrected chi connectivity index (χ3v) is 2.91. The van der Waals surface area contributed by atoms with E-state index < -0.39 is 0 Å². The molecule has 0 radical (unpaired) electrons. The molecular formula is C12H12N2O. The van der Waals surface area contributed by atoms with E-state index in [2.05, 4.69) is 10.3 Å². The molecule has 1 unspecified atom stereocenters. The number of para-hydroxylation sites is 1. The summed E-state index contributed by atoms with van der Waals surface area (Å²) in [5, 5.41) is 3.31. The van der Waals surface area contributed by atoms with Gasteiger partial charge in [0.1, 0.15) is 18.2 Å². The van der Waals surface area contributed by atoms with Crippen LogP contribution < -0.4 is 5.32 Å². The van der Waals surface area contributed by atoms with E-state index >= 15 is 0 Å². The van der Waals surface area contributed by atoms with Crippen molar-refractivity contribution in [1.82, 2.24) is 0 Å². The first kappa shape index (κ1) is 8.65. The van der Waals surface area contributed by atoms with Gasteiger partial charge in [-0.05, 0) is 18.9 Å². The van der Waals surface area contributed by atoms with Crippen molar-refractivity contribution in [2.75, 3.05) is 5.32 Å². The van der Waals surface area contributed by atoms with Crippen molar-refractivity contribution >= 4 is 17.8 Å². The summed E-state index contributed by atoms with van der Waals surface area (Å²) in [5.74, 6) is 1.55. The molecular weight excluding hydrogens is 188 g/mol. The van der Waals surface area contributed by atoms with Gasteiger partial charge in [-0.2, -0.15) is 0 Å². The van der Waals surface area contributed by atoms with Gasteiger partial charge in [0.05, 0.1) is 0 Å². The maximum absolute atomic E-state index is 11.0. The molecule has 3 nitrogen and oxygen atoms in total. The Morgan fingerprint density at radius 2 is 2.13 bits per heavy atom. The molecule has 1 fully saturated rings. The third-order valence-electron chi connectivity index (χ3n) is 2.91. The van der Waals surface area contributed by atoms with Gasteiger partial charge < -0.3 is 10.1 Å². The van der Waals surface area contributed by atoms with Crippen LogP contribution in [0.2, 0.25) is 0 Å². The zero-order valence-corrected chi connectivity index (χ0v) is 8.31. The first-order valence-electron chi connectivity index (χ1n) is 5.27. The Bertz CT molecular complexity index is 435. The molecule has 0 saturated heterocycles. The van der Waals surface area contributed by atoms with E-state index in [0.717, 1.165) is 23.4 Å². The Morgan fingerprint density at radius 1 is 1.33 bits per heavy atom. The predicted molar refractivity (Wildman–Crippen MR) is 59.0 cm³/mol. The van der Waals surface area contributed by atoms with Crippen LogP contribution in [0.15, 0.2) is 29.3 Å². The fourth-order valence-corrected chi connectivity index (χ4v) is 1.93. The van der Waals surface area contributed by atoms with Crippen LogP contribution in [0.5, 0.6) is 0 Å². The molecule has 3 rings (SSSR count). The van der Waals surface area contributed by atoms with E-state index in [0.29, 0.717) is 5.92 Å². The standard InChI is InChI=1S/C12H12N2O/c15-7-11-9-3-1-2-4-10(9)13-12(14-11)8-5-6-8/h1-4,7-8,11H,5-6H2,(H,13,14). The highest BCUT2D eigenvalue weighted by molar-refractivity contribution is 6.02. The summed E-state index contributed by atoms with van der Waals surface area (Å²) in [6.07, 6.45) is 3.31. The van der Waals surface area contributed by atoms with Gasteiger partial charge in [-0.15, -0.1) is 0 Å². The number of fused-ring (bicyclic) bond motifs is 1. The van der Waals surface area contributed by atoms with Crippen molar-refractivity contribution in [1.29, 1.82) is 0 Å². The third kappa shape index (κ3) is 1.44. The highest BCUT2D eigenvalue weighted by Gasteiger charge is 2.31. The van der Waals surface area contributed by atoms with Crippen LogP contribution in [-0.2, 0) is 4.79 Å². The second-order valence-electron chi connectivity index (χ2n) is 4.08. The van der Waals surface area contributed by atoms with Crippen molar-refractivity contribution in [2.45, 2.75) is 18.9 Å². The van der Waals surface area contributed by atoms with Gasteiger partial charge in [0.15, 0.2) is 0 Å². The molecule has 15 heavy (non-hydrogen) atoms. The van der Waals surface area contributed by atoms with Crippen molar-refractivity contribution in [3.05, 3.63) is 29.8 Å². The molecule has 0 amide bonds. The Kier molecular flexibility index (Phi) is 1.84. The zero-order chi connectivity index (χ0) is 10.3. The molecule has 0 bridgehead atoms. The molecule has 1 aliphatic heterocycles. The molecule has 1 saturated carbocycles. The summed E-state index contributed by atoms with van der Waals surface area (Å²) in [5.41, 5.74) is 2.02. The SMILES string of the molecule is O=CC1N=C(C2CC2)Nc2ccccc21. The average Bonchev–Trinajstić information content (AvgIpc) is 3.11. The number of carbonyl (C=O) groups is 1. The highest BCUT2D eigenvalue weighted by Crippen LogP contribution is 2.36. The number of benzene rings is 1. The lowest BCUT2D eigenvalue weighted by Crippen LogP contribution is -2.22. The Labute approximate surface area is 88.2 Å². The highest BCUT2D eigenvalue weighted by atomic mass is 16.1. The zero-order valence-electron chi connectivity index (χ0n) is 8.31. The van der Waals surface area contributed by atoms with Crippen molar-refractivity contribution in [3.63, 3.8) is 0 Å². The van der Waals surface area contributed by atoms with Crippen LogP contribution >= 0.6 is 0 Å². The summed E-state index contributed by atoms with van der Waals surface area (Å²) < 4.78 is 0. The van der Waals surface area contributed by atoms with Crippen molar-refractivity contribution in [2.24, 2.45) is 10.9 Å². The van der Waals surface area contributed by atoms with Crippen LogP contribution in [-0.4, -0.2) is 12.1 Å². The molecule has 2 aliphatic rings. The number of aliphatic imine (C=N–C) groups is 1. The fourth-order valence-electron chi connectivity index (χ4n) is 1.93. The van der Waals surface area contributed by atoms with Crippen LogP contribution in [0.25, 0.3) is 0 Å². The largest absolute Gasteiger partial charge is 0.344 e. The van der Waals surface area contributed by atoms with Gasteiger partial charge >= 0.3 is 0 Å². The quantitative estimate of drug-likeness (QED) is 0.743. The maximum atomic E-state index is 11.0. The predicted octanol–water partition coefficient (Wildman–Crippen LogP) is 2.16. The Balaban J connectivity index is 2.02. The number of hydrogen-bond acceptors (Lipinski definition) is 3. The molecule has 76 valence electrons. The van der Waals surface area contributed by atoms with Gasteiger partial charge in [0.2, 0.25) is 0 Å². The van der Waals surface area contributed by atoms with Crippen molar-refractivity contribution < 1.29 is 4.79 Å². The number of hydrogen-bond donors (Lipinski definition) is 1. The monoisotopic (exact) mass is 200 g/mol. The number of nitrogens with zero attached hydrogens (tertiary/aromatic N) is 1. The summed E-state index contributed by atoms with van der Waals surface area (Å²) in [7, 11) is 0. The first-order chi connectivity index (χ1) is 7.38. The van der Waals surface area contributed by atoms with Gasteiger partial charge in [-0.25, -0.2) is 0 Å². The van der Waals surface area contributed by atoms with E-state index in [1.54, 1.807) is 0 Å². The number of aldehydes is 1. The van der Waals surface area contributed by atoms with E-state index in [-0.39, 0.29) is 6.04 Å². The molecule has 1 aromatic carbocycles.